The van der Waals surface area contributed by atoms with Crippen molar-refractivity contribution in [3.63, 3.8) is 0 Å². The zero-order chi connectivity index (χ0) is 18.5. The second-order valence-corrected chi connectivity index (χ2v) is 11.4. The first-order valence-electron chi connectivity index (χ1n) is 8.56. The lowest BCUT2D eigenvalue weighted by molar-refractivity contribution is 0.233. The molecule has 0 saturated carbocycles. The molecule has 2 aliphatic rings. The van der Waals surface area contributed by atoms with Gasteiger partial charge in [0.25, 0.3) is 0 Å². The molecule has 0 bridgehead atoms. The van der Waals surface area contributed by atoms with E-state index >= 15 is 0 Å². The molecular weight excluding hydrogens is 362 g/mol. The van der Waals surface area contributed by atoms with Crippen LogP contribution in [0.25, 0.3) is 0 Å². The number of ether oxygens (including phenoxy) is 1. The fraction of sp³-hybridized carbons (Fsp3) is 0.647. The molecule has 2 heterocycles. The average Bonchev–Trinajstić information content (AvgIpc) is 3.04. The van der Waals surface area contributed by atoms with Crippen LogP contribution in [0.15, 0.2) is 23.1 Å². The summed E-state index contributed by atoms with van der Waals surface area (Å²) in [5, 5.41) is 0. The van der Waals surface area contributed by atoms with Crippen LogP contribution in [-0.2, 0) is 19.9 Å². The van der Waals surface area contributed by atoms with E-state index < -0.39 is 25.4 Å². The molecule has 3 rings (SSSR count). The van der Waals surface area contributed by atoms with Crippen LogP contribution in [0.2, 0.25) is 0 Å². The van der Waals surface area contributed by atoms with Gasteiger partial charge in [-0.15, -0.1) is 0 Å². The zero-order valence-corrected chi connectivity index (χ0v) is 16.5. The summed E-state index contributed by atoms with van der Waals surface area (Å²) >= 11 is 0. The topological polar surface area (TPSA) is 80.8 Å². The van der Waals surface area contributed by atoms with Gasteiger partial charge in [-0.25, -0.2) is 16.8 Å². The SMILES string of the molecule is Cc1ccc(OC(C)C)c(S(=O)(=O)N2CCCC23CCS(=O)(=O)C3)c1. The van der Waals surface area contributed by atoms with Gasteiger partial charge in [0, 0.05) is 6.54 Å². The molecule has 8 heteroatoms. The third-order valence-electron chi connectivity index (χ3n) is 4.93. The molecule has 1 aromatic carbocycles. The molecule has 25 heavy (non-hydrogen) atoms. The largest absolute Gasteiger partial charge is 0.490 e. The van der Waals surface area contributed by atoms with E-state index in [-0.39, 0.29) is 22.5 Å². The summed E-state index contributed by atoms with van der Waals surface area (Å²) in [5.74, 6) is 0.302. The molecule has 0 aliphatic carbocycles. The van der Waals surface area contributed by atoms with Crippen LogP contribution in [0.1, 0.15) is 38.7 Å². The third-order valence-corrected chi connectivity index (χ3v) is 8.76. The van der Waals surface area contributed by atoms with Crippen LogP contribution < -0.4 is 4.74 Å². The van der Waals surface area contributed by atoms with E-state index in [1.165, 1.54) is 4.31 Å². The third kappa shape index (κ3) is 3.44. The standard InChI is InChI=1S/C17H25NO5S2/c1-13(2)23-15-6-5-14(3)11-16(15)25(21,22)18-9-4-7-17(18)8-10-24(19,20)12-17/h5-6,11,13H,4,7-10,12H2,1-3H3. The predicted octanol–water partition coefficient (Wildman–Crippen LogP) is 2.12. The lowest BCUT2D eigenvalue weighted by Gasteiger charge is -2.33. The molecule has 2 aliphatic heterocycles. The Morgan fingerprint density at radius 2 is 1.96 bits per heavy atom. The second-order valence-electron chi connectivity index (χ2n) is 7.36. The van der Waals surface area contributed by atoms with Gasteiger partial charge in [0.15, 0.2) is 9.84 Å². The van der Waals surface area contributed by atoms with Crippen molar-refractivity contribution in [2.75, 3.05) is 18.1 Å². The Balaban J connectivity index is 2.06. The molecule has 6 nitrogen and oxygen atoms in total. The molecule has 0 aromatic heterocycles. The number of aryl methyl sites for hydroxylation is 1. The highest BCUT2D eigenvalue weighted by molar-refractivity contribution is 7.92. The first kappa shape index (κ1) is 18.7. The molecular formula is C17H25NO5S2. The van der Waals surface area contributed by atoms with Crippen molar-refractivity contribution in [2.24, 2.45) is 0 Å². The van der Waals surface area contributed by atoms with Crippen LogP contribution >= 0.6 is 0 Å². The highest BCUT2D eigenvalue weighted by Crippen LogP contribution is 2.43. The van der Waals surface area contributed by atoms with E-state index in [2.05, 4.69) is 0 Å². The van der Waals surface area contributed by atoms with Crippen LogP contribution in [0.4, 0.5) is 0 Å². The molecule has 1 spiro atoms. The molecule has 1 unspecified atom stereocenters. The number of nitrogens with zero attached hydrogens (tertiary/aromatic N) is 1. The highest BCUT2D eigenvalue weighted by atomic mass is 32.2. The molecule has 0 amide bonds. The smallest absolute Gasteiger partial charge is 0.247 e. The Morgan fingerprint density at radius 3 is 2.56 bits per heavy atom. The van der Waals surface area contributed by atoms with E-state index in [0.717, 1.165) is 5.56 Å². The molecule has 0 radical (unpaired) electrons. The van der Waals surface area contributed by atoms with Gasteiger partial charge in [-0.05, 0) is 57.7 Å². The Labute approximate surface area is 150 Å². The maximum absolute atomic E-state index is 13.4. The Hall–Kier alpha value is -1.12. The minimum absolute atomic E-state index is 0.0577. The molecule has 1 aromatic rings. The number of benzene rings is 1. The van der Waals surface area contributed by atoms with Gasteiger partial charge in [-0.1, -0.05) is 6.07 Å². The summed E-state index contributed by atoms with van der Waals surface area (Å²) < 4.78 is 58.0. The molecule has 140 valence electrons. The molecule has 0 N–H and O–H groups in total. The van der Waals surface area contributed by atoms with Gasteiger partial charge in [0.2, 0.25) is 10.0 Å². The number of sulfonamides is 1. The zero-order valence-electron chi connectivity index (χ0n) is 14.9. The molecule has 2 fully saturated rings. The van der Waals surface area contributed by atoms with Crippen LogP contribution in [0.5, 0.6) is 5.75 Å². The van der Waals surface area contributed by atoms with Crippen LogP contribution in [-0.4, -0.2) is 50.8 Å². The number of hydrogen-bond donors (Lipinski definition) is 0. The molecule has 2 saturated heterocycles. The van der Waals surface area contributed by atoms with Gasteiger partial charge in [0.05, 0.1) is 23.1 Å². The van der Waals surface area contributed by atoms with E-state index in [0.29, 0.717) is 31.6 Å². The van der Waals surface area contributed by atoms with Gasteiger partial charge in [0.1, 0.15) is 10.6 Å². The van der Waals surface area contributed by atoms with Crippen molar-refractivity contribution < 1.29 is 21.6 Å². The Morgan fingerprint density at radius 1 is 1.24 bits per heavy atom. The van der Waals surface area contributed by atoms with Gasteiger partial charge >= 0.3 is 0 Å². The van der Waals surface area contributed by atoms with Crippen molar-refractivity contribution in [1.82, 2.24) is 4.31 Å². The van der Waals surface area contributed by atoms with Crippen molar-refractivity contribution in [3.8, 4) is 5.75 Å². The minimum atomic E-state index is -3.84. The Bertz CT molecular complexity index is 876. The van der Waals surface area contributed by atoms with Crippen molar-refractivity contribution in [1.29, 1.82) is 0 Å². The first-order chi connectivity index (χ1) is 11.6. The first-order valence-corrected chi connectivity index (χ1v) is 11.8. The average molecular weight is 388 g/mol. The van der Waals surface area contributed by atoms with Crippen LogP contribution in [0, 0.1) is 6.92 Å². The van der Waals surface area contributed by atoms with Crippen molar-refractivity contribution in [3.05, 3.63) is 23.8 Å². The van der Waals surface area contributed by atoms with E-state index in [1.807, 2.05) is 26.8 Å². The number of rotatable bonds is 4. The van der Waals surface area contributed by atoms with Crippen molar-refractivity contribution in [2.45, 2.75) is 56.6 Å². The van der Waals surface area contributed by atoms with E-state index in [9.17, 15) is 16.8 Å². The number of hydrogen-bond acceptors (Lipinski definition) is 5. The molecule has 1 atom stereocenters. The summed E-state index contributed by atoms with van der Waals surface area (Å²) in [6.45, 7) is 5.87. The maximum atomic E-state index is 13.4. The fourth-order valence-electron chi connectivity index (χ4n) is 3.87. The van der Waals surface area contributed by atoms with Gasteiger partial charge in [-0.2, -0.15) is 4.31 Å². The van der Waals surface area contributed by atoms with Crippen LogP contribution in [0.3, 0.4) is 0 Å². The summed E-state index contributed by atoms with van der Waals surface area (Å²) in [5.41, 5.74) is 0.0261. The summed E-state index contributed by atoms with van der Waals surface area (Å²) in [6.07, 6.45) is 1.50. The lowest BCUT2D eigenvalue weighted by Crippen LogP contribution is -2.48. The minimum Gasteiger partial charge on any atom is -0.490 e. The van der Waals surface area contributed by atoms with Gasteiger partial charge < -0.3 is 4.74 Å². The summed E-state index contributed by atoms with van der Waals surface area (Å²) in [6, 6.07) is 5.11. The van der Waals surface area contributed by atoms with Crippen molar-refractivity contribution >= 4 is 19.9 Å². The normalized spacial score (nSPS) is 26.6. The monoisotopic (exact) mass is 387 g/mol. The second kappa shape index (κ2) is 6.25. The quantitative estimate of drug-likeness (QED) is 0.790. The predicted molar refractivity (Wildman–Crippen MR) is 96.1 cm³/mol. The number of sulfone groups is 1. The summed E-state index contributed by atoms with van der Waals surface area (Å²) in [7, 11) is -7.02. The maximum Gasteiger partial charge on any atom is 0.247 e. The van der Waals surface area contributed by atoms with Gasteiger partial charge in [-0.3, -0.25) is 0 Å². The fourth-order valence-corrected chi connectivity index (χ4v) is 8.12. The van der Waals surface area contributed by atoms with E-state index in [1.54, 1.807) is 12.1 Å². The van der Waals surface area contributed by atoms with E-state index in [4.69, 9.17) is 4.74 Å². The highest BCUT2D eigenvalue weighted by Gasteiger charge is 2.54. The summed E-state index contributed by atoms with van der Waals surface area (Å²) in [4.78, 5) is 0.131. The Kier molecular flexibility index (Phi) is 4.66. The lowest BCUT2D eigenvalue weighted by atomic mass is 9.97.